The van der Waals surface area contributed by atoms with Gasteiger partial charge in [-0.2, -0.15) is 10.2 Å². The van der Waals surface area contributed by atoms with E-state index < -0.39 is 0 Å². The maximum absolute atomic E-state index is 5.80. The van der Waals surface area contributed by atoms with E-state index in [0.29, 0.717) is 38.2 Å². The number of pyridine rings is 4. The van der Waals surface area contributed by atoms with Crippen LogP contribution in [-0.2, 0) is 35.2 Å². The molecule has 2 saturated heterocycles. The summed E-state index contributed by atoms with van der Waals surface area (Å²) in [5.74, 6) is 1.20. The van der Waals surface area contributed by atoms with Gasteiger partial charge in [-0.1, -0.05) is 0 Å². The zero-order chi connectivity index (χ0) is 45.6. The molecule has 0 aromatic carbocycles. The number of likely N-dealkylation sites (N-methyl/N-ethyl adjacent to an activating group) is 2. The minimum atomic E-state index is 0.265. The number of aromatic nitrogens is 8. The Balaban J connectivity index is 0.000000166. The van der Waals surface area contributed by atoms with E-state index in [-0.39, 0.29) is 12.1 Å². The molecule has 0 bridgehead atoms. The van der Waals surface area contributed by atoms with Gasteiger partial charge in [-0.05, 0) is 77.2 Å². The molecule has 6 aromatic heterocycles. The van der Waals surface area contributed by atoms with Crippen molar-refractivity contribution >= 4 is 0 Å². The van der Waals surface area contributed by atoms with Gasteiger partial charge in [0.25, 0.3) is 0 Å². The van der Waals surface area contributed by atoms with E-state index in [2.05, 4.69) is 91.1 Å². The largest absolute Gasteiger partial charge is 0.481 e. The van der Waals surface area contributed by atoms with Crippen LogP contribution in [0, 0.1) is 0 Å². The van der Waals surface area contributed by atoms with Crippen LogP contribution in [0.25, 0.3) is 33.9 Å². The Hall–Kier alpha value is -5.62. The lowest BCUT2D eigenvalue weighted by Gasteiger charge is -2.36. The lowest BCUT2D eigenvalue weighted by molar-refractivity contribution is 0.117. The summed E-state index contributed by atoms with van der Waals surface area (Å²) >= 11 is 0. The summed E-state index contributed by atoms with van der Waals surface area (Å²) in [5, 5.41) is 10.2. The monoisotopic (exact) mass is 897 g/mol. The number of hydrogen-bond donors (Lipinski definition) is 0. The summed E-state index contributed by atoms with van der Waals surface area (Å²) in [4.78, 5) is 28.0. The molecule has 0 N–H and O–H groups in total. The summed E-state index contributed by atoms with van der Waals surface area (Å²) in [6.45, 7) is 15.9. The molecule has 4 aliphatic rings. The van der Waals surface area contributed by atoms with Crippen LogP contribution in [0.15, 0.2) is 73.3 Å². The summed E-state index contributed by atoms with van der Waals surface area (Å²) in [6, 6.07) is 16.8. The predicted molar refractivity (Wildman–Crippen MR) is 254 cm³/mol. The minimum Gasteiger partial charge on any atom is -0.481 e. The zero-order valence-corrected chi connectivity index (χ0v) is 39.4. The van der Waals surface area contributed by atoms with Gasteiger partial charge < -0.3 is 28.7 Å². The summed E-state index contributed by atoms with van der Waals surface area (Å²) < 4.78 is 26.3. The minimum absolute atomic E-state index is 0.265. The first-order valence-corrected chi connectivity index (χ1v) is 23.4. The highest BCUT2D eigenvalue weighted by Crippen LogP contribution is 2.33. The van der Waals surface area contributed by atoms with E-state index in [4.69, 9.17) is 39.1 Å². The first-order valence-electron chi connectivity index (χ1n) is 23.4. The van der Waals surface area contributed by atoms with Crippen molar-refractivity contribution in [2.45, 2.75) is 51.6 Å². The number of rotatable bonds is 10. The Bertz CT molecular complexity index is 2350. The second-order valence-electron chi connectivity index (χ2n) is 17.7. The summed E-state index contributed by atoms with van der Waals surface area (Å²) in [5.41, 5.74) is 13.1. The van der Waals surface area contributed by atoms with Gasteiger partial charge in [0.05, 0.1) is 86.2 Å². The second-order valence-corrected chi connectivity index (χ2v) is 17.7. The number of piperazine rings is 2. The lowest BCUT2D eigenvalue weighted by atomic mass is 10.0. The molecule has 16 heteroatoms. The van der Waals surface area contributed by atoms with Crippen LogP contribution in [0.3, 0.4) is 0 Å². The third kappa shape index (κ3) is 10.0. The zero-order valence-electron chi connectivity index (χ0n) is 39.4. The number of ether oxygens (including phenoxy) is 4. The molecule has 2 fully saturated rings. The first kappa shape index (κ1) is 45.5. The smallest absolute Gasteiger partial charge is 0.212 e. The van der Waals surface area contributed by atoms with Crippen LogP contribution in [0.1, 0.15) is 59.8 Å². The van der Waals surface area contributed by atoms with Crippen LogP contribution in [0.2, 0.25) is 0 Å². The van der Waals surface area contributed by atoms with Gasteiger partial charge in [-0.15, -0.1) is 0 Å². The molecular formula is C50H64N12O4. The van der Waals surface area contributed by atoms with Crippen molar-refractivity contribution in [3.05, 3.63) is 107 Å². The number of fused-ring (bicyclic) bond motifs is 2. The van der Waals surface area contributed by atoms with Crippen LogP contribution in [-0.4, -0.2) is 166 Å². The molecular weight excluding hydrogens is 833 g/mol. The molecule has 0 spiro atoms. The molecule has 0 radical (unpaired) electrons. The SMILES string of the molecule is COc1ccc(-c2nn(-c3ccnc([C@@H](C)N4CCN(C)CC4)c3)c3c2CCOCC3)cn1.COc1ccc(-c2nn(-c3ccnc([C@H](C)N4CCN(C)CC4)c3)c3c2CCOCC3)cn1. The van der Waals surface area contributed by atoms with Crippen LogP contribution in [0.5, 0.6) is 11.8 Å². The van der Waals surface area contributed by atoms with Gasteiger partial charge in [-0.25, -0.2) is 19.3 Å². The number of nitrogens with zero attached hydrogens (tertiary/aromatic N) is 12. The number of methoxy groups -OCH3 is 2. The second kappa shape index (κ2) is 20.9. The van der Waals surface area contributed by atoms with Crippen molar-refractivity contribution in [3.8, 4) is 45.6 Å². The molecule has 0 aliphatic carbocycles. The first-order chi connectivity index (χ1) is 32.3. The van der Waals surface area contributed by atoms with E-state index in [1.165, 1.54) is 22.5 Å². The maximum Gasteiger partial charge on any atom is 0.212 e. The Morgan fingerprint density at radius 1 is 0.515 bits per heavy atom. The van der Waals surface area contributed by atoms with Crippen molar-refractivity contribution in [1.82, 2.24) is 59.1 Å². The molecule has 4 aliphatic heterocycles. The highest BCUT2D eigenvalue weighted by atomic mass is 16.5. The highest BCUT2D eigenvalue weighted by Gasteiger charge is 2.27. The average molecular weight is 897 g/mol. The average Bonchev–Trinajstić information content (AvgIpc) is 3.67. The molecule has 0 amide bonds. The van der Waals surface area contributed by atoms with Crippen molar-refractivity contribution in [1.29, 1.82) is 0 Å². The van der Waals surface area contributed by atoms with E-state index in [1.807, 2.05) is 49.1 Å². The Labute approximate surface area is 388 Å². The predicted octanol–water partition coefficient (Wildman–Crippen LogP) is 5.52. The summed E-state index contributed by atoms with van der Waals surface area (Å²) in [6.07, 6.45) is 10.8. The van der Waals surface area contributed by atoms with Gasteiger partial charge >= 0.3 is 0 Å². The topological polar surface area (TPSA) is 137 Å². The van der Waals surface area contributed by atoms with Gasteiger partial charge in [0.2, 0.25) is 11.8 Å². The molecule has 0 unspecified atom stereocenters. The maximum atomic E-state index is 5.80. The highest BCUT2D eigenvalue weighted by molar-refractivity contribution is 5.66. The molecule has 10 heterocycles. The number of hydrogen-bond acceptors (Lipinski definition) is 14. The van der Waals surface area contributed by atoms with Crippen molar-refractivity contribution < 1.29 is 18.9 Å². The quantitative estimate of drug-likeness (QED) is 0.171. The molecule has 10 rings (SSSR count). The fraction of sp³-hybridized carbons (Fsp3) is 0.480. The van der Waals surface area contributed by atoms with Gasteiger partial charge in [-0.3, -0.25) is 19.8 Å². The van der Waals surface area contributed by atoms with E-state index in [0.717, 1.165) is 123 Å². The van der Waals surface area contributed by atoms with E-state index in [9.17, 15) is 0 Å². The molecule has 348 valence electrons. The van der Waals surface area contributed by atoms with Crippen LogP contribution < -0.4 is 9.47 Å². The Morgan fingerprint density at radius 2 is 0.924 bits per heavy atom. The molecule has 6 aromatic rings. The van der Waals surface area contributed by atoms with Gasteiger partial charge in [0.15, 0.2) is 0 Å². The Morgan fingerprint density at radius 3 is 1.30 bits per heavy atom. The van der Waals surface area contributed by atoms with Gasteiger partial charge in [0, 0.05) is 136 Å². The third-order valence-corrected chi connectivity index (χ3v) is 13.6. The third-order valence-electron chi connectivity index (χ3n) is 13.6. The standard InChI is InChI=1S/2C25H32N6O2/c2*1-18(30-12-10-29(2)11-13-30)22-16-20(6-9-26-22)31-23-8-15-33-14-7-21(23)25(28-31)19-4-5-24(32-3)27-17-19/h2*4-6,9,16-18H,7-8,10-15H2,1-3H3/t2*18-/m10/s1. The molecule has 2 atom stereocenters. The van der Waals surface area contributed by atoms with E-state index >= 15 is 0 Å². The lowest BCUT2D eigenvalue weighted by Crippen LogP contribution is -2.45. The van der Waals surface area contributed by atoms with Crippen molar-refractivity contribution in [2.75, 3.05) is 107 Å². The van der Waals surface area contributed by atoms with Crippen molar-refractivity contribution in [2.24, 2.45) is 0 Å². The fourth-order valence-electron chi connectivity index (χ4n) is 9.46. The fourth-order valence-corrected chi connectivity index (χ4v) is 9.46. The summed E-state index contributed by atoms with van der Waals surface area (Å²) in [7, 11) is 7.63. The molecule has 66 heavy (non-hydrogen) atoms. The van der Waals surface area contributed by atoms with Crippen LogP contribution in [0.4, 0.5) is 0 Å². The Kier molecular flexibility index (Phi) is 14.4. The normalized spacial score (nSPS) is 18.5. The molecule has 16 nitrogen and oxygen atoms in total. The van der Waals surface area contributed by atoms with Crippen LogP contribution >= 0.6 is 0 Å². The van der Waals surface area contributed by atoms with Crippen molar-refractivity contribution in [3.63, 3.8) is 0 Å². The van der Waals surface area contributed by atoms with Gasteiger partial charge in [0.1, 0.15) is 0 Å². The molecule has 0 saturated carbocycles. The van der Waals surface area contributed by atoms with E-state index in [1.54, 1.807) is 14.2 Å².